The number of thiocarbonyl (C=S) groups is 1. The molecule has 3 aromatic rings. The number of anilines is 1. The van der Waals surface area contributed by atoms with Crippen LogP contribution in [0.2, 0.25) is 0 Å². The van der Waals surface area contributed by atoms with Crippen LogP contribution in [0.4, 0.5) is 28.4 Å². The lowest BCUT2D eigenvalue weighted by Crippen LogP contribution is -2.58. The standard InChI is InChI=1S/C33H34F3N5O6S/c1-19-7-9-21(10-8-19)30(48)40-26-14-12-23(38-32(46)47-18-20-5-3-2-4-6-20)16-27(26)39-28(42)17-37-29(43)24-15-22(33(34,35)36)11-13-25(24)41-31(44)45/h2-11,13,15,23,26-27,41H,12,14,16-18H2,1H3,(H,37,43)(H,38,46)(H,39,42)(H,40,48)(H,44,45). The molecule has 0 saturated heterocycles. The number of amides is 4. The van der Waals surface area contributed by atoms with E-state index in [0.29, 0.717) is 30.0 Å². The van der Waals surface area contributed by atoms with Crippen molar-refractivity contribution < 1.29 is 42.2 Å². The predicted octanol–water partition coefficient (Wildman–Crippen LogP) is 5.13. The van der Waals surface area contributed by atoms with Crippen LogP contribution >= 0.6 is 12.2 Å². The Hall–Kier alpha value is -5.18. The smallest absolute Gasteiger partial charge is 0.416 e. The molecule has 4 rings (SSSR count). The number of carbonyl (C=O) groups excluding carboxylic acids is 3. The molecule has 0 bridgehead atoms. The molecule has 0 spiro atoms. The van der Waals surface area contributed by atoms with E-state index in [1.165, 1.54) is 0 Å². The number of hydrogen-bond donors (Lipinski definition) is 6. The van der Waals surface area contributed by atoms with Crippen molar-refractivity contribution in [1.29, 1.82) is 0 Å². The average molecular weight is 686 g/mol. The summed E-state index contributed by atoms with van der Waals surface area (Å²) < 4.78 is 45.3. The maximum Gasteiger partial charge on any atom is 0.416 e. The van der Waals surface area contributed by atoms with Crippen molar-refractivity contribution >= 4 is 46.9 Å². The molecular weight excluding hydrogens is 651 g/mol. The minimum atomic E-state index is -4.80. The molecule has 3 unspecified atom stereocenters. The van der Waals surface area contributed by atoms with Gasteiger partial charge in [0.05, 0.1) is 29.4 Å². The number of benzene rings is 3. The van der Waals surface area contributed by atoms with Crippen LogP contribution < -0.4 is 26.6 Å². The molecule has 254 valence electrons. The average Bonchev–Trinajstić information content (AvgIpc) is 3.04. The number of aryl methyl sites for hydroxylation is 1. The largest absolute Gasteiger partial charge is 0.465 e. The van der Waals surface area contributed by atoms with Gasteiger partial charge in [-0.1, -0.05) is 72.4 Å². The Bertz CT molecular complexity index is 1640. The molecule has 0 aliphatic heterocycles. The second kappa shape index (κ2) is 16.1. The zero-order chi connectivity index (χ0) is 34.8. The SMILES string of the molecule is Cc1ccc(C(=S)NC2CCC(NC(=O)OCc3ccccc3)CC2NC(=O)CNC(=O)c2cc(C(F)(F)F)ccc2NC(=O)O)cc1. The quantitative estimate of drug-likeness (QED) is 0.160. The van der Waals surface area contributed by atoms with Gasteiger partial charge in [0.25, 0.3) is 5.91 Å². The molecule has 11 nitrogen and oxygen atoms in total. The van der Waals surface area contributed by atoms with E-state index in [-0.39, 0.29) is 30.8 Å². The third kappa shape index (κ3) is 10.4. The fourth-order valence-corrected chi connectivity index (χ4v) is 5.46. The van der Waals surface area contributed by atoms with Crippen molar-refractivity contribution in [3.8, 4) is 0 Å². The van der Waals surface area contributed by atoms with Crippen LogP contribution in [0.15, 0.2) is 72.8 Å². The highest BCUT2D eigenvalue weighted by Gasteiger charge is 2.34. The molecular formula is C33H34F3N5O6S. The van der Waals surface area contributed by atoms with Gasteiger partial charge >= 0.3 is 18.4 Å². The number of alkyl carbamates (subject to hydrolysis) is 1. The first-order valence-electron chi connectivity index (χ1n) is 14.9. The number of ether oxygens (including phenoxy) is 1. The third-order valence-corrected chi connectivity index (χ3v) is 7.96. The highest BCUT2D eigenvalue weighted by molar-refractivity contribution is 7.80. The number of alkyl halides is 3. The van der Waals surface area contributed by atoms with Gasteiger partial charge in [-0.3, -0.25) is 14.9 Å². The summed E-state index contributed by atoms with van der Waals surface area (Å²) in [6.07, 6.45) is -5.72. The van der Waals surface area contributed by atoms with Gasteiger partial charge in [-0.05, 0) is 49.9 Å². The Morgan fingerprint density at radius 1 is 0.917 bits per heavy atom. The molecule has 0 heterocycles. The minimum Gasteiger partial charge on any atom is -0.465 e. The molecule has 0 radical (unpaired) electrons. The van der Waals surface area contributed by atoms with E-state index in [1.807, 2.05) is 66.8 Å². The molecule has 15 heteroatoms. The van der Waals surface area contributed by atoms with E-state index < -0.39 is 53.9 Å². The first-order valence-corrected chi connectivity index (χ1v) is 15.3. The Kier molecular flexibility index (Phi) is 12.0. The number of halogens is 3. The second-order valence-electron chi connectivity index (χ2n) is 11.2. The first kappa shape index (κ1) is 35.7. The maximum absolute atomic E-state index is 13.3. The van der Waals surface area contributed by atoms with Gasteiger partial charge in [-0.15, -0.1) is 0 Å². The molecule has 1 aliphatic carbocycles. The molecule has 1 fully saturated rings. The van der Waals surface area contributed by atoms with Gasteiger partial charge in [0.15, 0.2) is 0 Å². The monoisotopic (exact) mass is 685 g/mol. The van der Waals surface area contributed by atoms with E-state index >= 15 is 0 Å². The van der Waals surface area contributed by atoms with E-state index in [9.17, 15) is 32.3 Å². The summed E-state index contributed by atoms with van der Waals surface area (Å²) in [6.45, 7) is 1.38. The lowest BCUT2D eigenvalue weighted by atomic mass is 9.86. The van der Waals surface area contributed by atoms with Crippen molar-refractivity contribution in [1.82, 2.24) is 21.3 Å². The van der Waals surface area contributed by atoms with E-state index in [1.54, 1.807) is 0 Å². The number of hydrogen-bond acceptors (Lipinski definition) is 6. The van der Waals surface area contributed by atoms with Crippen LogP contribution in [-0.4, -0.2) is 58.8 Å². The highest BCUT2D eigenvalue weighted by Crippen LogP contribution is 2.32. The summed E-state index contributed by atoms with van der Waals surface area (Å²) in [7, 11) is 0. The highest BCUT2D eigenvalue weighted by atomic mass is 32.1. The number of carbonyl (C=O) groups is 4. The normalized spacial score (nSPS) is 17.4. The molecule has 1 saturated carbocycles. The summed E-state index contributed by atoms with van der Waals surface area (Å²) in [5.41, 5.74) is 0.463. The molecule has 6 N–H and O–H groups in total. The van der Waals surface area contributed by atoms with Crippen LogP contribution in [0.5, 0.6) is 0 Å². The summed E-state index contributed by atoms with van der Waals surface area (Å²) in [5, 5.41) is 22.1. The van der Waals surface area contributed by atoms with Crippen molar-refractivity contribution in [2.24, 2.45) is 0 Å². The Labute approximate surface area is 279 Å². The van der Waals surface area contributed by atoms with Crippen molar-refractivity contribution in [2.75, 3.05) is 11.9 Å². The van der Waals surface area contributed by atoms with Gasteiger partial charge in [0.2, 0.25) is 5.91 Å². The van der Waals surface area contributed by atoms with Gasteiger partial charge < -0.3 is 31.1 Å². The number of rotatable bonds is 10. The minimum absolute atomic E-state index is 0.0732. The maximum atomic E-state index is 13.3. The van der Waals surface area contributed by atoms with Crippen LogP contribution in [0.3, 0.4) is 0 Å². The summed E-state index contributed by atoms with van der Waals surface area (Å²) in [5.74, 6) is -1.77. The van der Waals surface area contributed by atoms with E-state index in [0.717, 1.165) is 22.8 Å². The van der Waals surface area contributed by atoms with E-state index in [2.05, 4.69) is 21.3 Å². The summed E-state index contributed by atoms with van der Waals surface area (Å²) >= 11 is 5.61. The molecule has 48 heavy (non-hydrogen) atoms. The Morgan fingerprint density at radius 2 is 1.62 bits per heavy atom. The van der Waals surface area contributed by atoms with Crippen molar-refractivity contribution in [2.45, 2.75) is 57.1 Å². The first-order chi connectivity index (χ1) is 22.8. The summed E-state index contributed by atoms with van der Waals surface area (Å²) in [4.78, 5) is 50.1. The van der Waals surface area contributed by atoms with Gasteiger partial charge in [-0.2, -0.15) is 13.2 Å². The molecule has 4 amide bonds. The van der Waals surface area contributed by atoms with Gasteiger partial charge in [0.1, 0.15) is 11.6 Å². The zero-order valence-corrected chi connectivity index (χ0v) is 26.5. The topological polar surface area (TPSA) is 158 Å². The Balaban J connectivity index is 1.42. The van der Waals surface area contributed by atoms with Gasteiger partial charge in [-0.25, -0.2) is 9.59 Å². The summed E-state index contributed by atoms with van der Waals surface area (Å²) in [6, 6.07) is 17.3. The van der Waals surface area contributed by atoms with Crippen molar-refractivity contribution in [3.05, 3.63) is 101 Å². The Morgan fingerprint density at radius 3 is 2.29 bits per heavy atom. The number of nitrogens with one attached hydrogen (secondary N) is 5. The molecule has 0 aromatic heterocycles. The van der Waals surface area contributed by atoms with Crippen LogP contribution in [-0.2, 0) is 22.3 Å². The predicted molar refractivity (Wildman–Crippen MR) is 175 cm³/mol. The van der Waals surface area contributed by atoms with Crippen LogP contribution in [0.25, 0.3) is 0 Å². The molecule has 1 aliphatic rings. The molecule has 3 aromatic carbocycles. The lowest BCUT2D eigenvalue weighted by Gasteiger charge is -2.37. The number of carboxylic acid groups (broad SMARTS) is 1. The lowest BCUT2D eigenvalue weighted by molar-refractivity contribution is -0.137. The third-order valence-electron chi connectivity index (χ3n) is 7.60. The molecule has 3 atom stereocenters. The van der Waals surface area contributed by atoms with Crippen molar-refractivity contribution in [3.63, 3.8) is 0 Å². The van der Waals surface area contributed by atoms with Gasteiger partial charge in [0, 0.05) is 17.6 Å². The fraction of sp³-hybridized carbons (Fsp3) is 0.303. The van der Waals surface area contributed by atoms with Crippen LogP contribution in [0.1, 0.15) is 51.9 Å². The zero-order valence-electron chi connectivity index (χ0n) is 25.7. The van der Waals surface area contributed by atoms with Crippen LogP contribution in [0, 0.1) is 6.92 Å². The fourth-order valence-electron chi connectivity index (χ4n) is 5.17. The second-order valence-corrected chi connectivity index (χ2v) is 11.6. The van der Waals surface area contributed by atoms with E-state index in [4.69, 9.17) is 22.1 Å².